The highest BCUT2D eigenvalue weighted by molar-refractivity contribution is 7.08. The first-order valence-electron chi connectivity index (χ1n) is 8.46. The zero-order valence-corrected chi connectivity index (χ0v) is 15.0. The minimum absolute atomic E-state index is 0.575. The van der Waals surface area contributed by atoms with Crippen LogP contribution in [0.3, 0.4) is 0 Å². The van der Waals surface area contributed by atoms with Crippen molar-refractivity contribution in [1.82, 2.24) is 9.38 Å². The first-order chi connectivity index (χ1) is 12.8. The van der Waals surface area contributed by atoms with Gasteiger partial charge in [0.1, 0.15) is 30.4 Å². The SMILES string of the molecule is Cc1ccc2nc(-c3ccsc3)c(Nc3ccc4c(c3)OCCO4)n2c1. The number of fused-ring (bicyclic) bond motifs is 2. The van der Waals surface area contributed by atoms with Crippen molar-refractivity contribution in [3.63, 3.8) is 0 Å². The van der Waals surface area contributed by atoms with Crippen LogP contribution >= 0.6 is 11.3 Å². The molecule has 6 heteroatoms. The van der Waals surface area contributed by atoms with Gasteiger partial charge in [0.05, 0.1) is 0 Å². The number of rotatable bonds is 3. The second-order valence-corrected chi connectivity index (χ2v) is 7.02. The number of hydrogen-bond donors (Lipinski definition) is 1. The number of imidazole rings is 1. The Morgan fingerprint density at radius 2 is 1.96 bits per heavy atom. The normalized spacial score (nSPS) is 13.1. The average Bonchev–Trinajstić information content (AvgIpc) is 3.30. The Labute approximate surface area is 154 Å². The van der Waals surface area contributed by atoms with Crippen molar-refractivity contribution < 1.29 is 9.47 Å². The number of anilines is 2. The molecule has 0 saturated heterocycles. The molecular weight excluding hydrogens is 346 g/mol. The van der Waals surface area contributed by atoms with Gasteiger partial charge in [-0.1, -0.05) is 6.07 Å². The van der Waals surface area contributed by atoms with E-state index in [1.807, 2.05) is 24.3 Å². The molecule has 0 spiro atoms. The van der Waals surface area contributed by atoms with E-state index in [2.05, 4.69) is 45.7 Å². The molecule has 1 aromatic carbocycles. The van der Waals surface area contributed by atoms with Gasteiger partial charge in [0.25, 0.3) is 0 Å². The van der Waals surface area contributed by atoms with E-state index >= 15 is 0 Å². The lowest BCUT2D eigenvalue weighted by molar-refractivity contribution is 0.171. The number of nitrogens with one attached hydrogen (secondary N) is 1. The largest absolute Gasteiger partial charge is 0.486 e. The third-order valence-electron chi connectivity index (χ3n) is 4.37. The number of pyridine rings is 1. The summed E-state index contributed by atoms with van der Waals surface area (Å²) in [5.74, 6) is 2.50. The predicted octanol–water partition coefficient (Wildman–Crippen LogP) is 4.89. The second kappa shape index (κ2) is 6.07. The minimum Gasteiger partial charge on any atom is -0.486 e. The smallest absolute Gasteiger partial charge is 0.163 e. The van der Waals surface area contributed by atoms with Crippen molar-refractivity contribution in [2.45, 2.75) is 6.92 Å². The molecule has 5 rings (SSSR count). The van der Waals surface area contributed by atoms with E-state index in [1.54, 1.807) is 11.3 Å². The molecule has 5 nitrogen and oxygen atoms in total. The van der Waals surface area contributed by atoms with Crippen LogP contribution in [0.1, 0.15) is 5.56 Å². The van der Waals surface area contributed by atoms with E-state index in [-0.39, 0.29) is 0 Å². The third-order valence-corrected chi connectivity index (χ3v) is 5.05. The summed E-state index contributed by atoms with van der Waals surface area (Å²) in [7, 11) is 0. The maximum Gasteiger partial charge on any atom is 0.163 e. The fourth-order valence-electron chi connectivity index (χ4n) is 3.13. The molecule has 4 heterocycles. The highest BCUT2D eigenvalue weighted by Crippen LogP contribution is 2.36. The molecule has 0 fully saturated rings. The van der Waals surface area contributed by atoms with Gasteiger partial charge in [-0.3, -0.25) is 4.40 Å². The average molecular weight is 363 g/mol. The van der Waals surface area contributed by atoms with Gasteiger partial charge in [0.2, 0.25) is 0 Å². The van der Waals surface area contributed by atoms with Gasteiger partial charge in [-0.25, -0.2) is 4.98 Å². The molecule has 0 radical (unpaired) electrons. The Kier molecular flexibility index (Phi) is 3.57. The van der Waals surface area contributed by atoms with E-state index in [0.717, 1.165) is 39.9 Å². The van der Waals surface area contributed by atoms with E-state index in [0.29, 0.717) is 13.2 Å². The molecule has 130 valence electrons. The number of thiophene rings is 1. The summed E-state index contributed by atoms with van der Waals surface area (Å²) in [5, 5.41) is 7.71. The quantitative estimate of drug-likeness (QED) is 0.563. The molecule has 0 amide bonds. The van der Waals surface area contributed by atoms with Crippen molar-refractivity contribution in [2.75, 3.05) is 18.5 Å². The Balaban J connectivity index is 1.63. The van der Waals surface area contributed by atoms with Crippen LogP contribution in [0, 0.1) is 6.92 Å². The molecule has 1 aliphatic heterocycles. The van der Waals surface area contributed by atoms with E-state index in [9.17, 15) is 0 Å². The maximum absolute atomic E-state index is 5.71. The number of ether oxygens (including phenoxy) is 2. The van der Waals surface area contributed by atoms with Crippen LogP contribution in [-0.2, 0) is 0 Å². The molecule has 0 bridgehead atoms. The predicted molar refractivity (Wildman–Crippen MR) is 104 cm³/mol. The number of nitrogens with zero attached hydrogens (tertiary/aromatic N) is 2. The fourth-order valence-corrected chi connectivity index (χ4v) is 3.77. The van der Waals surface area contributed by atoms with E-state index in [4.69, 9.17) is 14.5 Å². The van der Waals surface area contributed by atoms with Gasteiger partial charge in [0, 0.05) is 28.9 Å². The molecule has 26 heavy (non-hydrogen) atoms. The van der Waals surface area contributed by atoms with Crippen molar-refractivity contribution in [1.29, 1.82) is 0 Å². The highest BCUT2D eigenvalue weighted by Gasteiger charge is 2.17. The summed E-state index contributed by atoms with van der Waals surface area (Å²) in [4.78, 5) is 4.83. The summed E-state index contributed by atoms with van der Waals surface area (Å²) < 4.78 is 13.4. The Bertz CT molecular complexity index is 1090. The zero-order valence-electron chi connectivity index (χ0n) is 14.2. The van der Waals surface area contributed by atoms with Crippen molar-refractivity contribution in [3.8, 4) is 22.8 Å². The van der Waals surface area contributed by atoms with Crippen molar-refractivity contribution in [3.05, 3.63) is 58.9 Å². The van der Waals surface area contributed by atoms with Crippen molar-refractivity contribution >= 4 is 28.5 Å². The summed E-state index contributed by atoms with van der Waals surface area (Å²) in [5.41, 5.74) is 5.08. The molecule has 4 aromatic rings. The molecule has 1 N–H and O–H groups in total. The number of aryl methyl sites for hydroxylation is 1. The van der Waals surface area contributed by atoms with E-state index in [1.165, 1.54) is 5.56 Å². The zero-order chi connectivity index (χ0) is 17.5. The Morgan fingerprint density at radius 3 is 2.81 bits per heavy atom. The molecule has 0 atom stereocenters. The molecule has 0 saturated carbocycles. The second-order valence-electron chi connectivity index (χ2n) is 6.24. The van der Waals surface area contributed by atoms with Crippen LogP contribution in [0.15, 0.2) is 53.4 Å². The summed E-state index contributed by atoms with van der Waals surface area (Å²) >= 11 is 1.67. The van der Waals surface area contributed by atoms with E-state index < -0.39 is 0 Å². The number of benzene rings is 1. The minimum atomic E-state index is 0.575. The van der Waals surface area contributed by atoms with Crippen LogP contribution in [0.2, 0.25) is 0 Å². The monoisotopic (exact) mass is 363 g/mol. The van der Waals surface area contributed by atoms with Crippen LogP contribution in [-0.4, -0.2) is 22.6 Å². The van der Waals surface area contributed by atoms with Gasteiger partial charge >= 0.3 is 0 Å². The van der Waals surface area contributed by atoms with Gasteiger partial charge in [-0.05, 0) is 42.1 Å². The molecule has 3 aromatic heterocycles. The molecular formula is C20H17N3O2S. The van der Waals surface area contributed by atoms with Crippen molar-refractivity contribution in [2.24, 2.45) is 0 Å². The summed E-state index contributed by atoms with van der Waals surface area (Å²) in [6, 6.07) is 12.1. The lowest BCUT2D eigenvalue weighted by Gasteiger charge is -2.19. The molecule has 0 aliphatic carbocycles. The standard InChI is InChI=1S/C20H17N3O2S/c1-13-2-5-18-22-19(14-6-9-26-12-14)20(23(18)11-13)21-15-3-4-16-17(10-15)25-8-7-24-16/h2-6,9-12,21H,7-8H2,1H3. The lowest BCUT2D eigenvalue weighted by Crippen LogP contribution is -2.15. The third kappa shape index (κ3) is 2.59. The van der Waals surface area contributed by atoms with Crippen LogP contribution in [0.25, 0.3) is 16.9 Å². The van der Waals surface area contributed by atoms with Gasteiger partial charge in [0.15, 0.2) is 11.5 Å². The summed E-state index contributed by atoms with van der Waals surface area (Å²) in [6.07, 6.45) is 2.10. The lowest BCUT2D eigenvalue weighted by atomic mass is 10.2. The Morgan fingerprint density at radius 1 is 1.08 bits per heavy atom. The van der Waals surface area contributed by atoms with Gasteiger partial charge < -0.3 is 14.8 Å². The summed E-state index contributed by atoms with van der Waals surface area (Å²) in [6.45, 7) is 3.25. The topological polar surface area (TPSA) is 47.8 Å². The Hall–Kier alpha value is -2.99. The highest BCUT2D eigenvalue weighted by atomic mass is 32.1. The van der Waals surface area contributed by atoms with Crippen LogP contribution in [0.5, 0.6) is 11.5 Å². The van der Waals surface area contributed by atoms with Gasteiger partial charge in [-0.2, -0.15) is 11.3 Å². The fraction of sp³-hybridized carbons (Fsp3) is 0.150. The first-order valence-corrected chi connectivity index (χ1v) is 9.40. The molecule has 1 aliphatic rings. The number of hydrogen-bond acceptors (Lipinski definition) is 5. The van der Waals surface area contributed by atoms with Gasteiger partial charge in [-0.15, -0.1) is 0 Å². The van der Waals surface area contributed by atoms with Crippen LogP contribution < -0.4 is 14.8 Å². The number of aromatic nitrogens is 2. The maximum atomic E-state index is 5.71. The first kappa shape index (κ1) is 15.3. The molecule has 0 unspecified atom stereocenters. The van der Waals surface area contributed by atoms with Crippen LogP contribution in [0.4, 0.5) is 11.5 Å².